The van der Waals surface area contributed by atoms with Crippen LogP contribution in [-0.2, 0) is 0 Å². The van der Waals surface area contributed by atoms with E-state index in [1.54, 1.807) is 0 Å². The third kappa shape index (κ3) is 4.87. The number of benzene rings is 6. The van der Waals surface area contributed by atoms with Gasteiger partial charge in [0.05, 0.1) is 16.1 Å². The van der Waals surface area contributed by atoms with Gasteiger partial charge in [-0.25, -0.2) is 0 Å². The molecular weight excluding hydrogens is 656 g/mol. The fraction of sp³-hybridized carbons (Fsp3) is 0.182. The maximum atomic E-state index is 2.59. The predicted octanol–water partition coefficient (Wildman–Crippen LogP) is 9.84. The van der Waals surface area contributed by atoms with Crippen molar-refractivity contribution in [1.82, 2.24) is 0 Å². The van der Waals surface area contributed by atoms with Crippen LogP contribution in [-0.4, -0.2) is 22.9 Å². The van der Waals surface area contributed by atoms with Gasteiger partial charge in [0.2, 0.25) is 0 Å². The van der Waals surface area contributed by atoms with Gasteiger partial charge in [0.25, 0.3) is 6.71 Å². The first-order valence-electron chi connectivity index (χ1n) is 17.9. The first-order valence-corrected chi connectivity index (χ1v) is 25.7. The van der Waals surface area contributed by atoms with E-state index in [-0.39, 0.29) is 6.71 Å². The van der Waals surface area contributed by atoms with Crippen LogP contribution in [0.2, 0.25) is 39.3 Å². The van der Waals surface area contributed by atoms with Crippen molar-refractivity contribution in [1.29, 1.82) is 0 Å². The number of anilines is 6. The summed E-state index contributed by atoms with van der Waals surface area (Å²) in [5, 5.41) is 5.68. The Morgan fingerprint density at radius 1 is 0.480 bits per heavy atom. The molecule has 3 heterocycles. The van der Waals surface area contributed by atoms with Gasteiger partial charge in [-0.15, -0.1) is 11.3 Å². The van der Waals surface area contributed by atoms with E-state index in [4.69, 9.17) is 0 Å². The first-order chi connectivity index (χ1) is 23.9. The van der Waals surface area contributed by atoms with Crippen LogP contribution < -0.4 is 36.6 Å². The van der Waals surface area contributed by atoms with Gasteiger partial charge >= 0.3 is 0 Å². The van der Waals surface area contributed by atoms with E-state index in [1.165, 1.54) is 92.2 Å². The number of thiophene rings is 1. The summed E-state index contributed by atoms with van der Waals surface area (Å²) in [6.07, 6.45) is 0. The van der Waals surface area contributed by atoms with Gasteiger partial charge in [0.1, 0.15) is 0 Å². The molecule has 0 fully saturated rings. The van der Waals surface area contributed by atoms with Crippen LogP contribution in [0.5, 0.6) is 0 Å². The fourth-order valence-corrected chi connectivity index (χ4v) is 11.7. The number of hydrogen-bond donors (Lipinski definition) is 0. The summed E-state index contributed by atoms with van der Waals surface area (Å²) in [5.74, 6) is 0. The molecule has 2 aliphatic rings. The molecule has 7 aromatic rings. The van der Waals surface area contributed by atoms with Gasteiger partial charge in [-0.1, -0.05) is 110 Å². The zero-order valence-electron chi connectivity index (χ0n) is 30.3. The van der Waals surface area contributed by atoms with Crippen molar-refractivity contribution in [2.45, 2.75) is 53.1 Å². The molecule has 2 nitrogen and oxygen atoms in total. The quantitative estimate of drug-likeness (QED) is 0.169. The van der Waals surface area contributed by atoms with Gasteiger partial charge in [-0.05, 0) is 96.5 Å². The molecule has 0 aliphatic carbocycles. The maximum Gasteiger partial charge on any atom is 0.252 e. The molecule has 0 bridgehead atoms. The molecule has 246 valence electrons. The zero-order chi connectivity index (χ0) is 34.7. The van der Waals surface area contributed by atoms with Crippen molar-refractivity contribution < 1.29 is 0 Å². The molecule has 6 aromatic carbocycles. The van der Waals surface area contributed by atoms with E-state index < -0.39 is 16.1 Å². The molecule has 2 aliphatic heterocycles. The monoisotopic (exact) mass is 698 g/mol. The maximum absolute atomic E-state index is 2.59. The molecule has 50 heavy (non-hydrogen) atoms. The van der Waals surface area contributed by atoms with Crippen molar-refractivity contribution in [3.8, 4) is 0 Å². The summed E-state index contributed by atoms with van der Waals surface area (Å²) < 4.78 is 2.71. The Hall–Kier alpha value is -4.36. The van der Waals surface area contributed by atoms with Crippen LogP contribution in [0.25, 0.3) is 20.2 Å². The van der Waals surface area contributed by atoms with Gasteiger partial charge in [0.15, 0.2) is 0 Å². The third-order valence-electron chi connectivity index (χ3n) is 10.9. The number of rotatable bonds is 4. The fourth-order valence-electron chi connectivity index (χ4n) is 8.18. The normalized spacial score (nSPS) is 13.9. The minimum atomic E-state index is -1.61. The van der Waals surface area contributed by atoms with Gasteiger partial charge in [-0.3, -0.25) is 0 Å². The standard InChI is InChI=1S/C44H43BN2SSi2/c1-28-13-15-30(16-14-28)47-39-26-35-34-11-9-10-12-42(34)48-43(35)27-37(39)45-36-25-33(50(6,7)8)21-22-38(36)46(40-23-29(2)24-41(47)44(40)45)31-17-19-32(20-18-31)49(3,4)5/h9-27H,1-8H3. The van der Waals surface area contributed by atoms with Crippen LogP contribution in [0.15, 0.2) is 115 Å². The molecule has 0 amide bonds. The van der Waals surface area contributed by atoms with Gasteiger partial charge in [-0.2, -0.15) is 0 Å². The lowest BCUT2D eigenvalue weighted by Crippen LogP contribution is -2.62. The highest BCUT2D eigenvalue weighted by atomic mass is 32.1. The number of aryl methyl sites for hydroxylation is 2. The van der Waals surface area contributed by atoms with Crippen LogP contribution in [0.3, 0.4) is 0 Å². The van der Waals surface area contributed by atoms with E-state index in [1.807, 2.05) is 11.3 Å². The SMILES string of the molecule is Cc1ccc(N2c3cc4c(cc3B3c5cc([Si](C)(C)C)ccc5N(c5ccc([Si](C)(C)C)cc5)c5cc(C)cc2c53)sc2ccccc24)cc1. The lowest BCUT2D eigenvalue weighted by molar-refractivity contribution is 1.24. The predicted molar refractivity (Wildman–Crippen MR) is 229 cm³/mol. The van der Waals surface area contributed by atoms with E-state index >= 15 is 0 Å². The lowest BCUT2D eigenvalue weighted by Gasteiger charge is -2.44. The lowest BCUT2D eigenvalue weighted by atomic mass is 9.33. The Balaban J connectivity index is 1.39. The summed E-state index contributed by atoms with van der Waals surface area (Å²) in [6, 6.07) is 44.9. The van der Waals surface area contributed by atoms with E-state index in [0.29, 0.717) is 0 Å². The molecule has 1 aromatic heterocycles. The van der Waals surface area contributed by atoms with Crippen LogP contribution in [0.4, 0.5) is 34.1 Å². The molecule has 0 radical (unpaired) electrons. The summed E-state index contributed by atoms with van der Waals surface area (Å²) >= 11 is 1.92. The highest BCUT2D eigenvalue weighted by molar-refractivity contribution is 7.26. The van der Waals surface area contributed by atoms with E-state index in [0.717, 1.165) is 0 Å². The van der Waals surface area contributed by atoms with Gasteiger partial charge < -0.3 is 9.80 Å². The van der Waals surface area contributed by atoms with Crippen molar-refractivity contribution in [2.75, 3.05) is 9.80 Å². The highest BCUT2D eigenvalue weighted by Gasteiger charge is 2.44. The Morgan fingerprint density at radius 2 is 1.06 bits per heavy atom. The molecule has 0 N–H and O–H groups in total. The minimum Gasteiger partial charge on any atom is -0.311 e. The largest absolute Gasteiger partial charge is 0.311 e. The Bertz CT molecular complexity index is 2490. The van der Waals surface area contributed by atoms with E-state index in [9.17, 15) is 0 Å². The number of nitrogens with zero attached hydrogens (tertiary/aromatic N) is 2. The summed E-state index contributed by atoms with van der Waals surface area (Å²) in [4.78, 5) is 5.12. The number of fused-ring (bicyclic) bond motifs is 7. The second-order valence-electron chi connectivity index (χ2n) is 16.5. The molecule has 0 saturated carbocycles. The summed E-state index contributed by atoms with van der Waals surface area (Å²) in [7, 11) is -3.06. The Labute approximate surface area is 303 Å². The van der Waals surface area contributed by atoms with Gasteiger partial charge in [0, 0.05) is 54.3 Å². The summed E-state index contributed by atoms with van der Waals surface area (Å²) in [5.41, 5.74) is 14.4. The van der Waals surface area contributed by atoms with Crippen molar-refractivity contribution >= 4 is 115 Å². The van der Waals surface area contributed by atoms with Crippen LogP contribution in [0, 0.1) is 13.8 Å². The molecule has 0 saturated heterocycles. The molecular formula is C44H43BN2SSi2. The third-order valence-corrected chi connectivity index (χ3v) is 16.1. The summed E-state index contributed by atoms with van der Waals surface area (Å²) in [6.45, 7) is 19.3. The second kappa shape index (κ2) is 11.1. The highest BCUT2D eigenvalue weighted by Crippen LogP contribution is 2.46. The molecule has 0 spiro atoms. The van der Waals surface area contributed by atoms with Crippen molar-refractivity contribution in [3.05, 3.63) is 126 Å². The zero-order valence-corrected chi connectivity index (χ0v) is 33.2. The van der Waals surface area contributed by atoms with E-state index in [2.05, 4.69) is 178 Å². The molecule has 0 atom stereocenters. The Morgan fingerprint density at radius 3 is 1.72 bits per heavy atom. The minimum absolute atomic E-state index is 0.121. The van der Waals surface area contributed by atoms with Crippen LogP contribution >= 0.6 is 11.3 Å². The first kappa shape index (κ1) is 31.6. The molecule has 0 unspecified atom stereocenters. The smallest absolute Gasteiger partial charge is 0.252 e. The van der Waals surface area contributed by atoms with Crippen molar-refractivity contribution in [2.24, 2.45) is 0 Å². The topological polar surface area (TPSA) is 6.48 Å². The number of hydrogen-bond acceptors (Lipinski definition) is 3. The van der Waals surface area contributed by atoms with Crippen LogP contribution in [0.1, 0.15) is 11.1 Å². The average molecular weight is 699 g/mol. The molecule has 6 heteroatoms. The second-order valence-corrected chi connectivity index (χ2v) is 27.7. The average Bonchev–Trinajstić information content (AvgIpc) is 3.44. The molecule has 9 rings (SSSR count). The van der Waals surface area contributed by atoms with Crippen molar-refractivity contribution in [3.63, 3.8) is 0 Å². The Kier molecular flexibility index (Phi) is 7.00.